The maximum Gasteiger partial charge on any atom is 0.126 e. The second-order valence-corrected chi connectivity index (χ2v) is 4.04. The van der Waals surface area contributed by atoms with Crippen molar-refractivity contribution >= 4 is 12.2 Å². The van der Waals surface area contributed by atoms with E-state index in [9.17, 15) is 5.11 Å². The number of phenolic OH excluding ortho intramolecular Hbond substituents is 1. The van der Waals surface area contributed by atoms with Gasteiger partial charge in [-0.2, -0.15) is 0 Å². The van der Waals surface area contributed by atoms with Crippen molar-refractivity contribution in [3.8, 4) is 17.2 Å². The predicted molar refractivity (Wildman–Crippen MR) is 76.6 cm³/mol. The molecular weight excluding hydrogens is 240 g/mol. The first-order valence-electron chi connectivity index (χ1n) is 5.92. The van der Waals surface area contributed by atoms with Gasteiger partial charge in [-0.3, -0.25) is 0 Å². The van der Waals surface area contributed by atoms with Crippen molar-refractivity contribution in [1.29, 1.82) is 0 Å². The summed E-state index contributed by atoms with van der Waals surface area (Å²) in [6.45, 7) is 0. The smallest absolute Gasteiger partial charge is 0.126 e. The minimum absolute atomic E-state index is 0.250. The number of phenols is 1. The minimum Gasteiger partial charge on any atom is -0.508 e. The summed E-state index contributed by atoms with van der Waals surface area (Å²) < 4.78 is 10.5. The van der Waals surface area contributed by atoms with Crippen molar-refractivity contribution in [3.05, 3.63) is 53.6 Å². The Bertz CT molecular complexity index is 588. The third-order valence-corrected chi connectivity index (χ3v) is 2.76. The van der Waals surface area contributed by atoms with Gasteiger partial charge < -0.3 is 14.6 Å². The summed E-state index contributed by atoms with van der Waals surface area (Å²) in [6, 6.07) is 12.7. The van der Waals surface area contributed by atoms with Crippen LogP contribution in [0.3, 0.4) is 0 Å². The standard InChI is InChI=1S/C16H16O3/c1-18-15-8-9-16(19-2)13(11-15)7-6-12-4-3-5-14(17)10-12/h3-11,17H,1-2H3/b7-6+. The van der Waals surface area contributed by atoms with E-state index in [-0.39, 0.29) is 5.75 Å². The Hall–Kier alpha value is -2.42. The Morgan fingerprint density at radius 3 is 2.47 bits per heavy atom. The molecule has 98 valence electrons. The van der Waals surface area contributed by atoms with Gasteiger partial charge in [0.15, 0.2) is 0 Å². The van der Waals surface area contributed by atoms with Gasteiger partial charge in [-0.05, 0) is 35.9 Å². The lowest BCUT2D eigenvalue weighted by molar-refractivity contribution is 0.402. The molecule has 2 rings (SSSR count). The fourth-order valence-electron chi connectivity index (χ4n) is 1.78. The molecule has 0 amide bonds. The lowest BCUT2D eigenvalue weighted by Gasteiger charge is -2.07. The highest BCUT2D eigenvalue weighted by Crippen LogP contribution is 2.26. The Kier molecular flexibility index (Phi) is 4.08. The fraction of sp³-hybridized carbons (Fsp3) is 0.125. The van der Waals surface area contributed by atoms with Crippen molar-refractivity contribution in [2.45, 2.75) is 0 Å². The second kappa shape index (κ2) is 5.96. The number of aromatic hydroxyl groups is 1. The molecule has 0 saturated carbocycles. The van der Waals surface area contributed by atoms with Gasteiger partial charge in [0.25, 0.3) is 0 Å². The molecule has 3 nitrogen and oxygen atoms in total. The molecule has 0 radical (unpaired) electrons. The van der Waals surface area contributed by atoms with Gasteiger partial charge in [0.1, 0.15) is 17.2 Å². The molecule has 0 atom stereocenters. The number of methoxy groups -OCH3 is 2. The van der Waals surface area contributed by atoms with Gasteiger partial charge in [-0.25, -0.2) is 0 Å². The van der Waals surface area contributed by atoms with E-state index in [0.717, 1.165) is 22.6 Å². The van der Waals surface area contributed by atoms with Gasteiger partial charge in [0, 0.05) is 5.56 Å². The number of benzene rings is 2. The summed E-state index contributed by atoms with van der Waals surface area (Å²) in [5, 5.41) is 9.41. The normalized spacial score (nSPS) is 10.6. The molecule has 0 heterocycles. The van der Waals surface area contributed by atoms with Crippen molar-refractivity contribution in [2.24, 2.45) is 0 Å². The summed E-state index contributed by atoms with van der Waals surface area (Å²) in [4.78, 5) is 0. The van der Waals surface area contributed by atoms with Crippen LogP contribution in [0, 0.1) is 0 Å². The first-order valence-corrected chi connectivity index (χ1v) is 5.92. The molecule has 0 aliphatic heterocycles. The van der Waals surface area contributed by atoms with Gasteiger partial charge in [0.05, 0.1) is 14.2 Å². The molecule has 0 unspecified atom stereocenters. The van der Waals surface area contributed by atoms with Crippen LogP contribution in [0.25, 0.3) is 12.2 Å². The average molecular weight is 256 g/mol. The highest BCUT2D eigenvalue weighted by molar-refractivity contribution is 5.73. The number of ether oxygens (including phenoxy) is 2. The minimum atomic E-state index is 0.250. The molecule has 0 bridgehead atoms. The molecular formula is C16H16O3. The molecule has 0 fully saturated rings. The van der Waals surface area contributed by atoms with Crippen molar-refractivity contribution in [1.82, 2.24) is 0 Å². The van der Waals surface area contributed by atoms with Crippen LogP contribution in [-0.2, 0) is 0 Å². The van der Waals surface area contributed by atoms with Crippen LogP contribution in [-0.4, -0.2) is 19.3 Å². The lowest BCUT2D eigenvalue weighted by atomic mass is 10.1. The molecule has 19 heavy (non-hydrogen) atoms. The monoisotopic (exact) mass is 256 g/mol. The predicted octanol–water partition coefficient (Wildman–Crippen LogP) is 3.58. The van der Waals surface area contributed by atoms with Gasteiger partial charge in [0.2, 0.25) is 0 Å². The molecule has 0 aliphatic carbocycles. The van der Waals surface area contributed by atoms with Crippen LogP contribution in [0.4, 0.5) is 0 Å². The molecule has 2 aromatic rings. The van der Waals surface area contributed by atoms with Crippen molar-refractivity contribution in [3.63, 3.8) is 0 Å². The van der Waals surface area contributed by atoms with Crippen LogP contribution >= 0.6 is 0 Å². The highest BCUT2D eigenvalue weighted by Gasteiger charge is 2.01. The molecule has 0 aromatic heterocycles. The van der Waals surface area contributed by atoms with Crippen LogP contribution in [0.15, 0.2) is 42.5 Å². The van der Waals surface area contributed by atoms with E-state index in [1.165, 1.54) is 0 Å². The van der Waals surface area contributed by atoms with Crippen LogP contribution < -0.4 is 9.47 Å². The number of hydrogen-bond acceptors (Lipinski definition) is 3. The second-order valence-electron chi connectivity index (χ2n) is 4.04. The van der Waals surface area contributed by atoms with Crippen LogP contribution in [0.5, 0.6) is 17.2 Å². The van der Waals surface area contributed by atoms with Crippen molar-refractivity contribution in [2.75, 3.05) is 14.2 Å². The van der Waals surface area contributed by atoms with Gasteiger partial charge in [-0.15, -0.1) is 0 Å². The molecule has 0 aliphatic rings. The number of hydrogen-bond donors (Lipinski definition) is 1. The first-order chi connectivity index (χ1) is 9.22. The summed E-state index contributed by atoms with van der Waals surface area (Å²) in [7, 11) is 3.26. The maximum atomic E-state index is 9.41. The molecule has 1 N–H and O–H groups in total. The van der Waals surface area contributed by atoms with Gasteiger partial charge in [-0.1, -0.05) is 24.3 Å². The summed E-state index contributed by atoms with van der Waals surface area (Å²) in [5.41, 5.74) is 1.84. The quantitative estimate of drug-likeness (QED) is 0.850. The zero-order valence-corrected chi connectivity index (χ0v) is 11.0. The Morgan fingerprint density at radius 1 is 0.947 bits per heavy atom. The Balaban J connectivity index is 2.31. The fourth-order valence-corrected chi connectivity index (χ4v) is 1.78. The third-order valence-electron chi connectivity index (χ3n) is 2.76. The summed E-state index contributed by atoms with van der Waals surface area (Å²) in [6.07, 6.45) is 3.84. The molecule has 0 spiro atoms. The lowest BCUT2D eigenvalue weighted by Crippen LogP contribution is -1.89. The highest BCUT2D eigenvalue weighted by atomic mass is 16.5. The molecule has 2 aromatic carbocycles. The average Bonchev–Trinajstić information content (AvgIpc) is 2.45. The topological polar surface area (TPSA) is 38.7 Å². The summed E-state index contributed by atoms with van der Waals surface area (Å²) in [5.74, 6) is 1.80. The molecule has 0 saturated heterocycles. The Morgan fingerprint density at radius 2 is 1.79 bits per heavy atom. The van der Waals surface area contributed by atoms with Gasteiger partial charge >= 0.3 is 0 Å². The first kappa shape index (κ1) is 13.0. The van der Waals surface area contributed by atoms with E-state index in [0.29, 0.717) is 0 Å². The zero-order chi connectivity index (χ0) is 13.7. The van der Waals surface area contributed by atoms with E-state index in [1.807, 2.05) is 36.4 Å². The van der Waals surface area contributed by atoms with E-state index in [2.05, 4.69) is 0 Å². The van der Waals surface area contributed by atoms with Crippen LogP contribution in [0.1, 0.15) is 11.1 Å². The Labute approximate surface area is 112 Å². The van der Waals surface area contributed by atoms with Crippen LogP contribution in [0.2, 0.25) is 0 Å². The van der Waals surface area contributed by atoms with Crippen molar-refractivity contribution < 1.29 is 14.6 Å². The third kappa shape index (κ3) is 3.28. The maximum absolute atomic E-state index is 9.41. The van der Waals surface area contributed by atoms with E-state index in [1.54, 1.807) is 32.4 Å². The largest absolute Gasteiger partial charge is 0.508 e. The SMILES string of the molecule is COc1ccc(OC)c(/C=C/c2cccc(O)c2)c1. The summed E-state index contributed by atoms with van der Waals surface area (Å²) >= 11 is 0. The van der Waals surface area contributed by atoms with E-state index < -0.39 is 0 Å². The zero-order valence-electron chi connectivity index (χ0n) is 11.0. The molecule has 3 heteroatoms. The van der Waals surface area contributed by atoms with E-state index >= 15 is 0 Å². The number of rotatable bonds is 4. The van der Waals surface area contributed by atoms with E-state index in [4.69, 9.17) is 9.47 Å².